The molecule has 2 unspecified atom stereocenters. The number of ether oxygens (including phenoxy) is 1. The molecule has 5 nitrogen and oxygen atoms in total. The van der Waals surface area contributed by atoms with Gasteiger partial charge in [0.25, 0.3) is 0 Å². The molecule has 5 heteroatoms. The molecule has 2 aliphatic rings. The van der Waals surface area contributed by atoms with Gasteiger partial charge < -0.3 is 9.64 Å². The first-order valence-electron chi connectivity index (χ1n) is 9.26. The molecule has 1 saturated heterocycles. The summed E-state index contributed by atoms with van der Waals surface area (Å²) < 4.78 is 5.15. The number of benzene rings is 1. The molecular weight excluding hydrogens is 326 g/mol. The highest BCUT2D eigenvalue weighted by molar-refractivity contribution is 5.87. The second-order valence-corrected chi connectivity index (χ2v) is 7.21. The Kier molecular flexibility index (Phi) is 4.64. The van der Waals surface area contributed by atoms with Crippen molar-refractivity contribution in [1.82, 2.24) is 9.88 Å². The smallest absolute Gasteiger partial charge is 0.316 e. The summed E-state index contributed by atoms with van der Waals surface area (Å²) in [7, 11) is 1.49. The van der Waals surface area contributed by atoms with Gasteiger partial charge in [0.15, 0.2) is 0 Å². The van der Waals surface area contributed by atoms with Crippen molar-refractivity contribution in [2.24, 2.45) is 5.92 Å². The van der Waals surface area contributed by atoms with Crippen LogP contribution in [0.5, 0.6) is 0 Å². The van der Waals surface area contributed by atoms with Gasteiger partial charge in [-0.05, 0) is 30.0 Å². The predicted molar refractivity (Wildman–Crippen MR) is 101 cm³/mol. The standard InChI is InChI=1S/C21H25N3O2/c1-26-20(25)21(17-7-3-2-4-8-17)15-18(21)16-23-11-13-24(14-12-23)19-9-5-6-10-22-19/h2-10,18H,11-16H2,1H3. The molecule has 4 rings (SSSR count). The molecule has 1 aromatic carbocycles. The van der Waals surface area contributed by atoms with Gasteiger partial charge in [0, 0.05) is 38.9 Å². The van der Waals surface area contributed by atoms with Crippen molar-refractivity contribution in [3.63, 3.8) is 0 Å². The SMILES string of the molecule is COC(=O)C1(c2ccccc2)CC1CN1CCN(c2ccccn2)CC1. The van der Waals surface area contributed by atoms with Crippen LogP contribution in [-0.2, 0) is 14.9 Å². The largest absolute Gasteiger partial charge is 0.468 e. The molecule has 0 radical (unpaired) electrons. The van der Waals surface area contributed by atoms with E-state index in [9.17, 15) is 4.79 Å². The molecule has 0 N–H and O–H groups in total. The zero-order valence-corrected chi connectivity index (χ0v) is 15.2. The van der Waals surface area contributed by atoms with Crippen LogP contribution in [0.2, 0.25) is 0 Å². The Bertz CT molecular complexity index is 744. The summed E-state index contributed by atoms with van der Waals surface area (Å²) in [6.45, 7) is 4.89. The van der Waals surface area contributed by atoms with E-state index in [1.165, 1.54) is 7.11 Å². The van der Waals surface area contributed by atoms with Gasteiger partial charge in [-0.1, -0.05) is 36.4 Å². The quantitative estimate of drug-likeness (QED) is 0.774. The minimum Gasteiger partial charge on any atom is -0.468 e. The van der Waals surface area contributed by atoms with E-state index in [0.29, 0.717) is 5.92 Å². The Hall–Kier alpha value is -2.40. The molecule has 1 aromatic heterocycles. The van der Waals surface area contributed by atoms with Crippen LogP contribution in [-0.4, -0.2) is 55.7 Å². The lowest BCUT2D eigenvalue weighted by Gasteiger charge is -2.35. The van der Waals surface area contributed by atoms with Crippen molar-refractivity contribution < 1.29 is 9.53 Å². The van der Waals surface area contributed by atoms with E-state index in [-0.39, 0.29) is 5.97 Å². The van der Waals surface area contributed by atoms with Crippen molar-refractivity contribution >= 4 is 11.8 Å². The second-order valence-electron chi connectivity index (χ2n) is 7.21. The molecule has 1 aliphatic carbocycles. The first-order chi connectivity index (χ1) is 12.7. The van der Waals surface area contributed by atoms with Crippen LogP contribution in [0.3, 0.4) is 0 Å². The molecule has 26 heavy (non-hydrogen) atoms. The lowest BCUT2D eigenvalue weighted by Crippen LogP contribution is -2.47. The second kappa shape index (κ2) is 7.08. The number of rotatable bonds is 5. The molecule has 1 aliphatic heterocycles. The number of aromatic nitrogens is 1. The van der Waals surface area contributed by atoms with E-state index >= 15 is 0 Å². The molecular formula is C21H25N3O2. The van der Waals surface area contributed by atoms with Crippen molar-refractivity contribution in [2.75, 3.05) is 44.7 Å². The van der Waals surface area contributed by atoms with Crippen molar-refractivity contribution in [2.45, 2.75) is 11.8 Å². The van der Waals surface area contributed by atoms with Crippen LogP contribution in [0, 0.1) is 5.92 Å². The maximum Gasteiger partial charge on any atom is 0.316 e. The van der Waals surface area contributed by atoms with Crippen LogP contribution < -0.4 is 4.90 Å². The van der Waals surface area contributed by atoms with Gasteiger partial charge in [0.1, 0.15) is 5.82 Å². The number of pyridine rings is 1. The molecule has 136 valence electrons. The summed E-state index contributed by atoms with van der Waals surface area (Å²) in [5.41, 5.74) is 0.637. The maximum absolute atomic E-state index is 12.5. The van der Waals surface area contributed by atoms with Crippen molar-refractivity contribution in [3.05, 3.63) is 60.3 Å². The van der Waals surface area contributed by atoms with Gasteiger partial charge in [0.2, 0.25) is 0 Å². The zero-order valence-electron chi connectivity index (χ0n) is 15.2. The Labute approximate surface area is 154 Å². The Balaban J connectivity index is 1.39. The van der Waals surface area contributed by atoms with Gasteiger partial charge in [-0.25, -0.2) is 4.98 Å². The highest BCUT2D eigenvalue weighted by atomic mass is 16.5. The highest BCUT2D eigenvalue weighted by Crippen LogP contribution is 2.55. The number of anilines is 1. The van der Waals surface area contributed by atoms with Crippen LogP contribution in [0.15, 0.2) is 54.7 Å². The fourth-order valence-electron chi connectivity index (χ4n) is 4.20. The van der Waals surface area contributed by atoms with E-state index in [4.69, 9.17) is 4.74 Å². The van der Waals surface area contributed by atoms with E-state index < -0.39 is 5.41 Å². The third-order valence-corrected chi connectivity index (χ3v) is 5.77. The third-order valence-electron chi connectivity index (χ3n) is 5.77. The van der Waals surface area contributed by atoms with Crippen molar-refractivity contribution in [1.29, 1.82) is 0 Å². The monoisotopic (exact) mass is 351 g/mol. The fraction of sp³-hybridized carbons (Fsp3) is 0.429. The topological polar surface area (TPSA) is 45.7 Å². The summed E-state index contributed by atoms with van der Waals surface area (Å²) in [5, 5.41) is 0. The van der Waals surface area contributed by atoms with E-state index in [0.717, 1.165) is 50.5 Å². The third kappa shape index (κ3) is 3.07. The fourth-order valence-corrected chi connectivity index (χ4v) is 4.20. The number of nitrogens with zero attached hydrogens (tertiary/aromatic N) is 3. The first kappa shape index (κ1) is 17.0. The van der Waals surface area contributed by atoms with Crippen molar-refractivity contribution in [3.8, 4) is 0 Å². The number of carbonyl (C=O) groups excluding carboxylic acids is 1. The van der Waals surface area contributed by atoms with Gasteiger partial charge >= 0.3 is 5.97 Å². The van der Waals surface area contributed by atoms with Crippen LogP contribution >= 0.6 is 0 Å². The van der Waals surface area contributed by atoms with Gasteiger partial charge in [-0.2, -0.15) is 0 Å². The molecule has 0 bridgehead atoms. The maximum atomic E-state index is 12.5. The molecule has 2 atom stereocenters. The summed E-state index contributed by atoms with van der Waals surface area (Å²) in [6, 6.07) is 16.1. The Morgan fingerprint density at radius 1 is 1.12 bits per heavy atom. The minimum atomic E-state index is -0.450. The number of hydrogen-bond donors (Lipinski definition) is 0. The molecule has 1 saturated carbocycles. The Morgan fingerprint density at radius 2 is 1.85 bits per heavy atom. The van der Waals surface area contributed by atoms with Crippen LogP contribution in [0.25, 0.3) is 0 Å². The molecule has 0 spiro atoms. The van der Waals surface area contributed by atoms with E-state index in [1.807, 2.05) is 36.5 Å². The zero-order chi connectivity index (χ0) is 18.0. The highest BCUT2D eigenvalue weighted by Gasteiger charge is 2.62. The molecule has 2 aromatic rings. The molecule has 2 fully saturated rings. The number of esters is 1. The predicted octanol–water partition coefficient (Wildman–Crippen LogP) is 2.33. The van der Waals surface area contributed by atoms with Gasteiger partial charge in [0.05, 0.1) is 12.5 Å². The van der Waals surface area contributed by atoms with Gasteiger partial charge in [-0.3, -0.25) is 9.69 Å². The first-order valence-corrected chi connectivity index (χ1v) is 9.26. The number of piperazine rings is 1. The lowest BCUT2D eigenvalue weighted by molar-refractivity contribution is -0.144. The number of carbonyl (C=O) groups is 1. The number of hydrogen-bond acceptors (Lipinski definition) is 5. The molecule has 2 heterocycles. The number of methoxy groups -OCH3 is 1. The summed E-state index contributed by atoms with van der Waals surface area (Å²) in [6.07, 6.45) is 2.72. The average Bonchev–Trinajstić information content (AvgIpc) is 3.44. The van der Waals surface area contributed by atoms with Crippen LogP contribution in [0.4, 0.5) is 5.82 Å². The summed E-state index contributed by atoms with van der Waals surface area (Å²) in [5.74, 6) is 1.28. The minimum absolute atomic E-state index is 0.0965. The average molecular weight is 351 g/mol. The molecule has 0 amide bonds. The summed E-state index contributed by atoms with van der Waals surface area (Å²) in [4.78, 5) is 21.8. The lowest BCUT2D eigenvalue weighted by atomic mass is 9.93. The van der Waals surface area contributed by atoms with Crippen LogP contribution in [0.1, 0.15) is 12.0 Å². The van der Waals surface area contributed by atoms with Gasteiger partial charge in [-0.15, -0.1) is 0 Å². The summed E-state index contributed by atoms with van der Waals surface area (Å²) >= 11 is 0. The Morgan fingerprint density at radius 3 is 2.50 bits per heavy atom. The van der Waals surface area contributed by atoms with E-state index in [1.54, 1.807) is 0 Å². The van der Waals surface area contributed by atoms with E-state index in [2.05, 4.69) is 33.0 Å². The normalized spacial score (nSPS) is 25.7.